The lowest BCUT2D eigenvalue weighted by molar-refractivity contribution is 0.0963. The molecule has 0 aliphatic heterocycles. The van der Waals surface area contributed by atoms with Crippen LogP contribution in [0.15, 0.2) is 24.3 Å². The number of urea groups is 1. The molecule has 0 heterocycles. The van der Waals surface area contributed by atoms with Gasteiger partial charge in [-0.1, -0.05) is 25.5 Å². The second-order valence-corrected chi connectivity index (χ2v) is 5.27. The Kier molecular flexibility index (Phi) is 6.72. The molecule has 0 aliphatic rings. The minimum atomic E-state index is -0.110. The van der Waals surface area contributed by atoms with Gasteiger partial charge in [-0.25, -0.2) is 4.79 Å². The number of nitrogens with one attached hydrogen (secondary N) is 2. The highest BCUT2D eigenvalue weighted by Gasteiger charge is 2.12. The van der Waals surface area contributed by atoms with Crippen molar-refractivity contribution in [3.05, 3.63) is 35.4 Å². The first kappa shape index (κ1) is 17.0. The summed E-state index contributed by atoms with van der Waals surface area (Å²) in [5.74, 6) is -0.110. The summed E-state index contributed by atoms with van der Waals surface area (Å²) in [7, 11) is 3.37. The molecular weight excluding hydrogens is 266 g/mol. The third kappa shape index (κ3) is 5.45. The molecule has 0 fully saturated rings. The van der Waals surface area contributed by atoms with Crippen molar-refractivity contribution >= 4 is 11.9 Å². The zero-order valence-electron chi connectivity index (χ0n) is 13.3. The monoisotopic (exact) mass is 291 g/mol. The molecule has 0 aromatic heterocycles. The second kappa shape index (κ2) is 8.29. The van der Waals surface area contributed by atoms with Crippen molar-refractivity contribution < 1.29 is 9.59 Å². The summed E-state index contributed by atoms with van der Waals surface area (Å²) in [5, 5.41) is 5.54. The molecule has 0 bridgehead atoms. The zero-order valence-corrected chi connectivity index (χ0v) is 13.3. The minimum absolute atomic E-state index is 0.0775. The van der Waals surface area contributed by atoms with Crippen molar-refractivity contribution in [3.8, 4) is 0 Å². The van der Waals surface area contributed by atoms with Crippen molar-refractivity contribution in [2.45, 2.75) is 39.3 Å². The SMILES string of the molecule is CCC[C@H](C)NC(=O)N(C)Cc1ccc(C(=O)NC)cc1. The van der Waals surface area contributed by atoms with Crippen LogP contribution in [0.5, 0.6) is 0 Å². The van der Waals surface area contributed by atoms with Crippen LogP contribution in [0, 0.1) is 0 Å². The maximum absolute atomic E-state index is 12.0. The first-order chi connectivity index (χ1) is 9.97. The number of hydrogen-bond donors (Lipinski definition) is 2. The number of hydrogen-bond acceptors (Lipinski definition) is 2. The molecule has 0 aliphatic carbocycles. The Labute approximate surface area is 126 Å². The van der Waals surface area contributed by atoms with Gasteiger partial charge in [0.15, 0.2) is 0 Å². The molecule has 0 spiro atoms. The zero-order chi connectivity index (χ0) is 15.8. The van der Waals surface area contributed by atoms with Gasteiger partial charge in [-0.3, -0.25) is 4.79 Å². The summed E-state index contributed by atoms with van der Waals surface area (Å²) >= 11 is 0. The maximum atomic E-state index is 12.0. The van der Waals surface area contributed by atoms with Crippen molar-refractivity contribution in [2.75, 3.05) is 14.1 Å². The van der Waals surface area contributed by atoms with Crippen molar-refractivity contribution in [2.24, 2.45) is 0 Å². The topological polar surface area (TPSA) is 61.4 Å². The first-order valence-corrected chi connectivity index (χ1v) is 7.30. The molecule has 116 valence electrons. The molecule has 0 radical (unpaired) electrons. The number of rotatable bonds is 6. The molecule has 0 unspecified atom stereocenters. The van der Waals surface area contributed by atoms with Crippen LogP contribution in [0.3, 0.4) is 0 Å². The van der Waals surface area contributed by atoms with Crippen LogP contribution in [0.4, 0.5) is 4.79 Å². The molecule has 0 saturated heterocycles. The fourth-order valence-electron chi connectivity index (χ4n) is 2.08. The Bertz CT molecular complexity index is 471. The summed E-state index contributed by atoms with van der Waals surface area (Å²) in [4.78, 5) is 25.1. The Balaban J connectivity index is 2.56. The van der Waals surface area contributed by atoms with Crippen LogP contribution in [0.2, 0.25) is 0 Å². The van der Waals surface area contributed by atoms with Gasteiger partial charge in [0.25, 0.3) is 5.91 Å². The predicted octanol–water partition coefficient (Wildman–Crippen LogP) is 2.38. The van der Waals surface area contributed by atoms with E-state index < -0.39 is 0 Å². The highest BCUT2D eigenvalue weighted by molar-refractivity contribution is 5.93. The van der Waals surface area contributed by atoms with Crippen LogP contribution in [-0.2, 0) is 6.54 Å². The van der Waals surface area contributed by atoms with Gasteiger partial charge in [-0.15, -0.1) is 0 Å². The quantitative estimate of drug-likeness (QED) is 0.845. The van der Waals surface area contributed by atoms with Gasteiger partial charge >= 0.3 is 6.03 Å². The summed E-state index contributed by atoms with van der Waals surface area (Å²) in [6.45, 7) is 4.62. The summed E-state index contributed by atoms with van der Waals surface area (Å²) < 4.78 is 0. The highest BCUT2D eigenvalue weighted by atomic mass is 16.2. The van der Waals surface area contributed by atoms with Crippen LogP contribution < -0.4 is 10.6 Å². The van der Waals surface area contributed by atoms with Crippen molar-refractivity contribution in [1.82, 2.24) is 15.5 Å². The van der Waals surface area contributed by atoms with Gasteiger partial charge in [0.05, 0.1) is 0 Å². The Morgan fingerprint density at radius 2 is 1.86 bits per heavy atom. The summed E-state index contributed by atoms with van der Waals surface area (Å²) in [6, 6.07) is 7.36. The molecule has 3 amide bonds. The lowest BCUT2D eigenvalue weighted by Crippen LogP contribution is -2.41. The fraction of sp³-hybridized carbons (Fsp3) is 0.500. The molecule has 0 saturated carbocycles. The van der Waals surface area contributed by atoms with E-state index in [0.717, 1.165) is 18.4 Å². The van der Waals surface area contributed by atoms with Gasteiger partial charge in [0.1, 0.15) is 0 Å². The Hall–Kier alpha value is -2.04. The average Bonchev–Trinajstić information content (AvgIpc) is 2.47. The van der Waals surface area contributed by atoms with Gasteiger partial charge in [-0.2, -0.15) is 0 Å². The molecule has 1 rings (SSSR count). The van der Waals surface area contributed by atoms with Crippen LogP contribution in [0.25, 0.3) is 0 Å². The number of carbonyl (C=O) groups is 2. The van der Waals surface area contributed by atoms with E-state index in [0.29, 0.717) is 12.1 Å². The van der Waals surface area contributed by atoms with Crippen LogP contribution in [0.1, 0.15) is 42.6 Å². The van der Waals surface area contributed by atoms with E-state index in [4.69, 9.17) is 0 Å². The molecule has 21 heavy (non-hydrogen) atoms. The largest absolute Gasteiger partial charge is 0.355 e. The van der Waals surface area contributed by atoms with Crippen molar-refractivity contribution in [1.29, 1.82) is 0 Å². The number of amides is 3. The Morgan fingerprint density at radius 1 is 1.24 bits per heavy atom. The van der Waals surface area contributed by atoms with E-state index in [2.05, 4.69) is 17.6 Å². The number of carbonyl (C=O) groups excluding carboxylic acids is 2. The number of benzene rings is 1. The summed E-state index contributed by atoms with van der Waals surface area (Å²) in [5.41, 5.74) is 1.60. The predicted molar refractivity (Wildman–Crippen MR) is 84.2 cm³/mol. The average molecular weight is 291 g/mol. The van der Waals surface area contributed by atoms with Gasteiger partial charge in [-0.05, 0) is 31.0 Å². The molecular formula is C16H25N3O2. The lowest BCUT2D eigenvalue weighted by Gasteiger charge is -2.21. The molecule has 5 nitrogen and oxygen atoms in total. The van der Waals surface area contributed by atoms with Gasteiger partial charge in [0, 0.05) is 32.2 Å². The van der Waals surface area contributed by atoms with E-state index in [1.165, 1.54) is 0 Å². The van der Waals surface area contributed by atoms with Crippen LogP contribution >= 0.6 is 0 Å². The first-order valence-electron chi connectivity index (χ1n) is 7.30. The molecule has 1 aromatic rings. The molecule has 5 heteroatoms. The summed E-state index contributed by atoms with van der Waals surface area (Å²) in [6.07, 6.45) is 2.02. The standard InChI is InChI=1S/C16H25N3O2/c1-5-6-12(2)18-16(21)19(4)11-13-7-9-14(10-8-13)15(20)17-3/h7-10,12H,5-6,11H2,1-4H3,(H,17,20)(H,18,21)/t12-/m0/s1. The maximum Gasteiger partial charge on any atom is 0.317 e. The Morgan fingerprint density at radius 3 is 2.38 bits per heavy atom. The minimum Gasteiger partial charge on any atom is -0.355 e. The second-order valence-electron chi connectivity index (χ2n) is 5.27. The van der Waals surface area contributed by atoms with Crippen LogP contribution in [-0.4, -0.2) is 37.0 Å². The lowest BCUT2D eigenvalue weighted by atomic mass is 10.1. The van der Waals surface area contributed by atoms with Gasteiger partial charge in [0.2, 0.25) is 0 Å². The molecule has 1 atom stereocenters. The normalized spacial score (nSPS) is 11.6. The van der Waals surface area contributed by atoms with E-state index >= 15 is 0 Å². The third-order valence-electron chi connectivity index (χ3n) is 3.30. The van der Waals surface area contributed by atoms with Crippen molar-refractivity contribution in [3.63, 3.8) is 0 Å². The van der Waals surface area contributed by atoms with E-state index in [-0.39, 0.29) is 18.0 Å². The molecule has 2 N–H and O–H groups in total. The highest BCUT2D eigenvalue weighted by Crippen LogP contribution is 2.07. The van der Waals surface area contributed by atoms with E-state index in [1.807, 2.05) is 19.1 Å². The fourth-order valence-corrected chi connectivity index (χ4v) is 2.08. The van der Waals surface area contributed by atoms with Gasteiger partial charge < -0.3 is 15.5 Å². The number of nitrogens with zero attached hydrogens (tertiary/aromatic N) is 1. The third-order valence-corrected chi connectivity index (χ3v) is 3.30. The molecule has 1 aromatic carbocycles. The van der Waals surface area contributed by atoms with E-state index in [1.54, 1.807) is 31.1 Å². The smallest absolute Gasteiger partial charge is 0.317 e. The van der Waals surface area contributed by atoms with E-state index in [9.17, 15) is 9.59 Å².